The van der Waals surface area contributed by atoms with E-state index >= 15 is 0 Å². The molecule has 0 unspecified atom stereocenters. The van der Waals surface area contributed by atoms with Crippen molar-refractivity contribution in [3.63, 3.8) is 0 Å². The van der Waals surface area contributed by atoms with Gasteiger partial charge >= 0.3 is 13.6 Å². The fraction of sp³-hybridized carbons (Fsp3) is 0.909. The molecule has 0 aliphatic heterocycles. The van der Waals surface area contributed by atoms with Crippen molar-refractivity contribution >= 4 is 20.9 Å². The predicted octanol–water partition coefficient (Wildman–Crippen LogP) is 2.15. The molecule has 1 N–H and O–H groups in total. The van der Waals surface area contributed by atoms with E-state index in [4.69, 9.17) is 9.39 Å². The van der Waals surface area contributed by atoms with Crippen LogP contribution in [0.2, 0.25) is 5.31 Å². The first-order valence-corrected chi connectivity index (χ1v) is 5.64. The monoisotopic (exact) mass is 240 g/mol. The Morgan fingerprint density at radius 2 is 1.53 bits per heavy atom. The number of aliphatic hydroxyl groups is 1. The second-order valence-electron chi connectivity index (χ2n) is 6.36. The van der Waals surface area contributed by atoms with E-state index in [-0.39, 0.29) is 5.31 Å². The molecule has 0 heterocycles. The molecule has 2 radical (unpaired) electrons. The van der Waals surface area contributed by atoms with Gasteiger partial charge in [-0.1, -0.05) is 26.1 Å². The Morgan fingerprint density at radius 1 is 1.06 bits per heavy atom. The number of carbonyl (C=O) groups excluding carboxylic acids is 1. The van der Waals surface area contributed by atoms with Gasteiger partial charge in [0.15, 0.2) is 7.28 Å². The van der Waals surface area contributed by atoms with Gasteiger partial charge in [0.05, 0.1) is 11.0 Å². The van der Waals surface area contributed by atoms with Crippen molar-refractivity contribution in [1.82, 2.24) is 0 Å². The second kappa shape index (κ2) is 5.34. The molecule has 0 saturated heterocycles. The molecule has 0 aromatic carbocycles. The van der Waals surface area contributed by atoms with Crippen LogP contribution in [0.5, 0.6) is 0 Å². The standard InChI is InChI=1S/C11H22B2O4/c1-9(2,3)12-11(6,7)16-8(14)17-13-10(4,5)15/h15H,1-7H3. The largest absolute Gasteiger partial charge is 0.505 e. The average Bonchev–Trinajstić information content (AvgIpc) is 1.93. The highest BCUT2D eigenvalue weighted by Gasteiger charge is 2.32. The Labute approximate surface area is 106 Å². The van der Waals surface area contributed by atoms with Crippen LogP contribution in [-0.4, -0.2) is 37.0 Å². The summed E-state index contributed by atoms with van der Waals surface area (Å²) in [5, 5.41) is 9.29. The third kappa shape index (κ3) is 10.2. The maximum Gasteiger partial charge on any atom is 0.489 e. The van der Waals surface area contributed by atoms with Gasteiger partial charge in [-0.3, -0.25) is 0 Å². The number of carbonyl (C=O) groups is 1. The molecule has 0 aromatic heterocycles. The molecule has 0 amide bonds. The van der Waals surface area contributed by atoms with Crippen LogP contribution in [-0.2, 0) is 9.39 Å². The summed E-state index contributed by atoms with van der Waals surface area (Å²) in [5.74, 6) is 0. The molecular weight excluding hydrogens is 218 g/mol. The zero-order valence-corrected chi connectivity index (χ0v) is 11.8. The highest BCUT2D eigenvalue weighted by molar-refractivity contribution is 6.43. The fourth-order valence-corrected chi connectivity index (χ4v) is 1.50. The lowest BCUT2D eigenvalue weighted by molar-refractivity contribution is 0.0452. The number of ether oxygens (including phenoxy) is 1. The molecule has 4 nitrogen and oxygen atoms in total. The van der Waals surface area contributed by atoms with Crippen LogP contribution in [0.25, 0.3) is 0 Å². The van der Waals surface area contributed by atoms with Crippen molar-refractivity contribution in [2.45, 2.75) is 64.8 Å². The van der Waals surface area contributed by atoms with E-state index in [0.29, 0.717) is 0 Å². The number of hydrogen-bond donors (Lipinski definition) is 1. The zero-order valence-electron chi connectivity index (χ0n) is 11.8. The summed E-state index contributed by atoms with van der Waals surface area (Å²) in [6.45, 7) is 12.6. The summed E-state index contributed by atoms with van der Waals surface area (Å²) >= 11 is 0. The van der Waals surface area contributed by atoms with Gasteiger partial charge in [0.2, 0.25) is 0 Å². The normalized spacial score (nSPS) is 12.9. The minimum absolute atomic E-state index is 0.0657. The molecule has 17 heavy (non-hydrogen) atoms. The van der Waals surface area contributed by atoms with Crippen molar-refractivity contribution in [3.8, 4) is 0 Å². The minimum Gasteiger partial charge on any atom is -0.505 e. The molecular formula is C11H22B2O4. The van der Waals surface area contributed by atoms with Crippen molar-refractivity contribution in [2.75, 3.05) is 0 Å². The van der Waals surface area contributed by atoms with Gasteiger partial charge in [-0.2, -0.15) is 0 Å². The number of rotatable bonds is 4. The van der Waals surface area contributed by atoms with E-state index in [1.165, 1.54) is 13.8 Å². The molecule has 6 heteroatoms. The highest BCUT2D eigenvalue weighted by atomic mass is 16.7. The van der Waals surface area contributed by atoms with Gasteiger partial charge in [-0.25, -0.2) is 4.79 Å². The van der Waals surface area contributed by atoms with Gasteiger partial charge in [-0.05, 0) is 27.7 Å². The fourth-order valence-electron chi connectivity index (χ4n) is 1.50. The van der Waals surface area contributed by atoms with Crippen LogP contribution in [0.4, 0.5) is 4.79 Å². The third-order valence-corrected chi connectivity index (χ3v) is 1.57. The first-order chi connectivity index (χ1) is 7.31. The van der Waals surface area contributed by atoms with Gasteiger partial charge in [-0.15, -0.1) is 0 Å². The Balaban J connectivity index is 4.19. The van der Waals surface area contributed by atoms with Crippen LogP contribution < -0.4 is 0 Å². The molecule has 0 aliphatic rings. The summed E-state index contributed by atoms with van der Waals surface area (Å²) in [7, 11) is 2.97. The lowest BCUT2D eigenvalue weighted by Gasteiger charge is -2.30. The molecule has 0 aliphatic carbocycles. The van der Waals surface area contributed by atoms with Crippen molar-refractivity contribution in [3.05, 3.63) is 0 Å². The van der Waals surface area contributed by atoms with Crippen LogP contribution in [0.15, 0.2) is 0 Å². The molecule has 0 fully saturated rings. The van der Waals surface area contributed by atoms with Crippen molar-refractivity contribution in [2.24, 2.45) is 0 Å². The first kappa shape index (κ1) is 16.4. The smallest absolute Gasteiger partial charge is 0.489 e. The molecule has 0 saturated carbocycles. The summed E-state index contributed by atoms with van der Waals surface area (Å²) in [6, 6.07) is 0. The topological polar surface area (TPSA) is 55.8 Å². The zero-order chi connectivity index (χ0) is 13.9. The quantitative estimate of drug-likeness (QED) is 0.604. The Bertz CT molecular complexity index is 264. The van der Waals surface area contributed by atoms with Gasteiger partial charge in [0.25, 0.3) is 0 Å². The van der Waals surface area contributed by atoms with Crippen LogP contribution in [0.3, 0.4) is 0 Å². The van der Waals surface area contributed by atoms with Crippen LogP contribution in [0, 0.1) is 0 Å². The maximum absolute atomic E-state index is 11.4. The average molecular weight is 240 g/mol. The van der Waals surface area contributed by atoms with E-state index < -0.39 is 17.2 Å². The first-order valence-electron chi connectivity index (χ1n) is 5.64. The Hall–Kier alpha value is -0.640. The summed E-state index contributed by atoms with van der Waals surface area (Å²) in [5.41, 5.74) is -1.89. The lowest BCUT2D eigenvalue weighted by Crippen LogP contribution is -2.41. The SMILES string of the molecule is CC(C)(C)[B]C(C)(C)OC(=O)O[B]C(C)(C)O. The van der Waals surface area contributed by atoms with E-state index in [9.17, 15) is 9.90 Å². The lowest BCUT2D eigenvalue weighted by atomic mass is 9.46. The molecule has 0 bridgehead atoms. The van der Waals surface area contributed by atoms with Crippen LogP contribution in [0.1, 0.15) is 48.5 Å². The summed E-state index contributed by atoms with van der Waals surface area (Å²) in [4.78, 5) is 11.4. The molecule has 0 rings (SSSR count). The third-order valence-electron chi connectivity index (χ3n) is 1.57. The second-order valence-corrected chi connectivity index (χ2v) is 6.36. The van der Waals surface area contributed by atoms with Crippen molar-refractivity contribution < 1.29 is 19.3 Å². The van der Waals surface area contributed by atoms with Gasteiger partial charge < -0.3 is 14.5 Å². The number of hydrogen-bond acceptors (Lipinski definition) is 4. The summed E-state index contributed by atoms with van der Waals surface area (Å²) in [6.07, 6.45) is -0.822. The van der Waals surface area contributed by atoms with E-state index in [0.717, 1.165) is 7.48 Å². The molecule has 0 spiro atoms. The van der Waals surface area contributed by atoms with Crippen molar-refractivity contribution in [1.29, 1.82) is 0 Å². The van der Waals surface area contributed by atoms with Gasteiger partial charge in [0, 0.05) is 0 Å². The Kier molecular flexibility index (Phi) is 5.14. The van der Waals surface area contributed by atoms with E-state index in [1.54, 1.807) is 13.8 Å². The molecule has 0 atom stereocenters. The van der Waals surface area contributed by atoms with Gasteiger partial charge in [0.1, 0.15) is 0 Å². The predicted molar refractivity (Wildman–Crippen MR) is 69.2 cm³/mol. The Morgan fingerprint density at radius 3 is 1.88 bits per heavy atom. The van der Waals surface area contributed by atoms with Crippen LogP contribution >= 0.6 is 0 Å². The minimum atomic E-state index is -1.17. The molecule has 0 aromatic rings. The van der Waals surface area contributed by atoms with E-state index in [2.05, 4.69) is 0 Å². The maximum atomic E-state index is 11.4. The molecule has 96 valence electrons. The highest BCUT2D eigenvalue weighted by Crippen LogP contribution is 2.27. The summed E-state index contributed by atoms with van der Waals surface area (Å²) < 4.78 is 9.85. The van der Waals surface area contributed by atoms with E-state index in [1.807, 2.05) is 28.1 Å².